The largest absolute Gasteiger partial charge is 0.353 e. The summed E-state index contributed by atoms with van der Waals surface area (Å²) in [5.74, 6) is 0.345. The molecule has 1 aliphatic heterocycles. The van der Waals surface area contributed by atoms with E-state index in [0.29, 0.717) is 12.5 Å². The van der Waals surface area contributed by atoms with Gasteiger partial charge in [0.05, 0.1) is 0 Å². The highest BCUT2D eigenvalue weighted by molar-refractivity contribution is 5.85. The summed E-state index contributed by atoms with van der Waals surface area (Å²) < 4.78 is 0. The Morgan fingerprint density at radius 3 is 2.55 bits per heavy atom. The normalized spacial score (nSPS) is 26.8. The number of carbonyl (C=O) groups is 2. The van der Waals surface area contributed by atoms with Crippen molar-refractivity contribution in [3.63, 3.8) is 0 Å². The van der Waals surface area contributed by atoms with E-state index in [0.717, 1.165) is 45.1 Å². The Kier molecular flexibility index (Phi) is 8.18. The molecular weight excluding hydrogens is 302 g/mol. The first-order valence-electron chi connectivity index (χ1n) is 8.37. The lowest BCUT2D eigenvalue weighted by Gasteiger charge is -2.29. The molecule has 22 heavy (non-hydrogen) atoms. The van der Waals surface area contributed by atoms with Crippen LogP contribution in [-0.4, -0.2) is 36.5 Å². The van der Waals surface area contributed by atoms with Gasteiger partial charge in [0.2, 0.25) is 11.8 Å². The second kappa shape index (κ2) is 9.36. The third-order valence-corrected chi connectivity index (χ3v) is 4.59. The van der Waals surface area contributed by atoms with Gasteiger partial charge in [-0.25, -0.2) is 0 Å². The number of rotatable bonds is 5. The third-order valence-electron chi connectivity index (χ3n) is 4.59. The summed E-state index contributed by atoms with van der Waals surface area (Å²) in [5, 5.41) is 9.45. The molecule has 1 aliphatic carbocycles. The Bertz CT molecular complexity index is 372. The third kappa shape index (κ3) is 6.13. The molecule has 2 aliphatic rings. The molecule has 2 amide bonds. The summed E-state index contributed by atoms with van der Waals surface area (Å²) in [4.78, 5) is 24.1. The fourth-order valence-electron chi connectivity index (χ4n) is 3.43. The molecule has 128 valence electrons. The predicted molar refractivity (Wildman–Crippen MR) is 90.1 cm³/mol. The summed E-state index contributed by atoms with van der Waals surface area (Å²) >= 11 is 0. The van der Waals surface area contributed by atoms with Crippen molar-refractivity contribution >= 4 is 24.2 Å². The quantitative estimate of drug-likeness (QED) is 0.719. The monoisotopic (exact) mass is 331 g/mol. The second-order valence-corrected chi connectivity index (χ2v) is 6.74. The molecular formula is C16H30ClN3O2. The van der Waals surface area contributed by atoms with Gasteiger partial charge in [-0.15, -0.1) is 12.4 Å². The van der Waals surface area contributed by atoms with Crippen molar-refractivity contribution in [2.45, 2.75) is 76.9 Å². The van der Waals surface area contributed by atoms with Crippen LogP contribution in [0.25, 0.3) is 0 Å². The van der Waals surface area contributed by atoms with Crippen molar-refractivity contribution in [1.29, 1.82) is 0 Å². The second-order valence-electron chi connectivity index (χ2n) is 6.74. The van der Waals surface area contributed by atoms with Crippen LogP contribution in [0.5, 0.6) is 0 Å². The number of nitrogens with one attached hydrogen (secondary N) is 3. The number of carbonyl (C=O) groups excluding carboxylic acids is 2. The lowest BCUT2D eigenvalue weighted by atomic mass is 10.0. The van der Waals surface area contributed by atoms with Gasteiger partial charge in [0.25, 0.3) is 0 Å². The van der Waals surface area contributed by atoms with Crippen LogP contribution in [0.1, 0.15) is 58.8 Å². The lowest BCUT2D eigenvalue weighted by Crippen LogP contribution is -2.48. The zero-order valence-corrected chi connectivity index (χ0v) is 14.5. The first-order chi connectivity index (χ1) is 10.0. The van der Waals surface area contributed by atoms with E-state index >= 15 is 0 Å². The van der Waals surface area contributed by atoms with Crippen LogP contribution in [0.3, 0.4) is 0 Å². The molecule has 1 heterocycles. The Labute approximate surface area is 139 Å². The fraction of sp³-hybridized carbons (Fsp3) is 0.875. The summed E-state index contributed by atoms with van der Waals surface area (Å²) in [5.41, 5.74) is 0. The van der Waals surface area contributed by atoms with E-state index in [-0.39, 0.29) is 42.2 Å². The minimum atomic E-state index is -0.0859. The lowest BCUT2D eigenvalue weighted by molar-refractivity contribution is -0.126. The van der Waals surface area contributed by atoms with E-state index < -0.39 is 0 Å². The van der Waals surface area contributed by atoms with Crippen LogP contribution in [0.4, 0.5) is 0 Å². The minimum absolute atomic E-state index is 0. The number of hydrogen-bond acceptors (Lipinski definition) is 3. The highest BCUT2D eigenvalue weighted by Gasteiger charge is 2.25. The number of amides is 2. The van der Waals surface area contributed by atoms with Gasteiger partial charge in [-0.3, -0.25) is 9.59 Å². The Morgan fingerprint density at radius 2 is 1.91 bits per heavy atom. The van der Waals surface area contributed by atoms with Crippen LogP contribution >= 0.6 is 12.4 Å². The molecule has 2 rings (SSSR count). The number of piperidine rings is 1. The zero-order valence-electron chi connectivity index (χ0n) is 13.7. The molecule has 3 N–H and O–H groups in total. The molecule has 0 aromatic rings. The maximum atomic E-state index is 12.0. The molecule has 1 saturated heterocycles. The van der Waals surface area contributed by atoms with Crippen molar-refractivity contribution in [1.82, 2.24) is 16.0 Å². The molecule has 0 radical (unpaired) electrons. The number of hydrogen-bond donors (Lipinski definition) is 3. The van der Waals surface area contributed by atoms with Crippen molar-refractivity contribution in [2.24, 2.45) is 5.92 Å². The molecule has 6 heteroatoms. The van der Waals surface area contributed by atoms with Gasteiger partial charge in [0, 0.05) is 30.5 Å². The highest BCUT2D eigenvalue weighted by Crippen LogP contribution is 2.24. The van der Waals surface area contributed by atoms with E-state index in [9.17, 15) is 9.59 Å². The standard InChI is InChI=1S/C16H29N3O2.ClH/c1-11-9-14(7-8-17-11)19-15(20)10-12(2)18-16(21)13-5-3-4-6-13;/h11-14,17H,3-10H2,1-2H3,(H,18,21)(H,19,20);1H. The van der Waals surface area contributed by atoms with Crippen LogP contribution in [0, 0.1) is 5.92 Å². The van der Waals surface area contributed by atoms with Gasteiger partial charge < -0.3 is 16.0 Å². The molecule has 5 nitrogen and oxygen atoms in total. The van der Waals surface area contributed by atoms with Crippen molar-refractivity contribution in [3.8, 4) is 0 Å². The Hall–Kier alpha value is -0.810. The zero-order chi connectivity index (χ0) is 15.2. The molecule has 0 bridgehead atoms. The predicted octanol–water partition coefficient (Wildman–Crippen LogP) is 1.75. The van der Waals surface area contributed by atoms with Crippen molar-refractivity contribution < 1.29 is 9.59 Å². The van der Waals surface area contributed by atoms with Crippen LogP contribution in [-0.2, 0) is 9.59 Å². The van der Waals surface area contributed by atoms with Gasteiger partial charge in [-0.2, -0.15) is 0 Å². The first-order valence-corrected chi connectivity index (χ1v) is 8.37. The fourth-order valence-corrected chi connectivity index (χ4v) is 3.43. The molecule has 1 saturated carbocycles. The highest BCUT2D eigenvalue weighted by atomic mass is 35.5. The molecule has 3 atom stereocenters. The minimum Gasteiger partial charge on any atom is -0.353 e. The van der Waals surface area contributed by atoms with Gasteiger partial charge in [0.1, 0.15) is 0 Å². The Morgan fingerprint density at radius 1 is 1.23 bits per heavy atom. The van der Waals surface area contributed by atoms with Gasteiger partial charge >= 0.3 is 0 Å². The first kappa shape index (κ1) is 19.2. The van der Waals surface area contributed by atoms with Gasteiger partial charge in [0.15, 0.2) is 0 Å². The van der Waals surface area contributed by atoms with E-state index in [1.165, 1.54) is 0 Å². The van der Waals surface area contributed by atoms with E-state index in [1.807, 2.05) is 6.92 Å². The average molecular weight is 332 g/mol. The average Bonchev–Trinajstić information content (AvgIpc) is 2.91. The Balaban J connectivity index is 0.00000242. The molecule has 2 fully saturated rings. The van der Waals surface area contributed by atoms with E-state index in [2.05, 4.69) is 22.9 Å². The summed E-state index contributed by atoms with van der Waals surface area (Å²) in [6, 6.07) is 0.646. The summed E-state index contributed by atoms with van der Waals surface area (Å²) in [7, 11) is 0. The number of halogens is 1. The molecule has 0 aromatic heterocycles. The van der Waals surface area contributed by atoms with E-state index in [4.69, 9.17) is 0 Å². The van der Waals surface area contributed by atoms with Crippen LogP contribution in [0.2, 0.25) is 0 Å². The maximum absolute atomic E-state index is 12.0. The van der Waals surface area contributed by atoms with Crippen LogP contribution in [0.15, 0.2) is 0 Å². The van der Waals surface area contributed by atoms with Crippen molar-refractivity contribution in [3.05, 3.63) is 0 Å². The molecule has 3 unspecified atom stereocenters. The maximum Gasteiger partial charge on any atom is 0.223 e. The SMILES string of the molecule is CC1CC(NC(=O)CC(C)NC(=O)C2CCCC2)CCN1.Cl. The van der Waals surface area contributed by atoms with E-state index in [1.54, 1.807) is 0 Å². The summed E-state index contributed by atoms with van der Waals surface area (Å²) in [6.07, 6.45) is 6.64. The van der Waals surface area contributed by atoms with Gasteiger partial charge in [-0.05, 0) is 46.1 Å². The molecule has 0 spiro atoms. The topological polar surface area (TPSA) is 70.2 Å². The molecule has 0 aromatic carbocycles. The summed E-state index contributed by atoms with van der Waals surface area (Å²) in [6.45, 7) is 5.01. The van der Waals surface area contributed by atoms with Gasteiger partial charge in [-0.1, -0.05) is 12.8 Å². The van der Waals surface area contributed by atoms with Crippen molar-refractivity contribution in [2.75, 3.05) is 6.54 Å². The van der Waals surface area contributed by atoms with Crippen LogP contribution < -0.4 is 16.0 Å². The smallest absolute Gasteiger partial charge is 0.223 e.